The third-order valence-electron chi connectivity index (χ3n) is 4.23. The Balaban J connectivity index is 1.80. The van der Waals surface area contributed by atoms with E-state index in [0.29, 0.717) is 10.6 Å². The average molecular weight is 449 g/mol. The van der Waals surface area contributed by atoms with Gasteiger partial charge in [-0.15, -0.1) is 10.2 Å². The maximum Gasteiger partial charge on any atom is 0.290 e. The van der Waals surface area contributed by atoms with Crippen LogP contribution >= 0.6 is 23.4 Å². The number of amides is 1. The van der Waals surface area contributed by atoms with Crippen LogP contribution in [0, 0.1) is 20.8 Å². The molecule has 0 saturated heterocycles. The van der Waals surface area contributed by atoms with Gasteiger partial charge in [0.25, 0.3) is 11.8 Å². The highest BCUT2D eigenvalue weighted by Crippen LogP contribution is 2.31. The van der Waals surface area contributed by atoms with Gasteiger partial charge in [-0.3, -0.25) is 4.79 Å². The van der Waals surface area contributed by atoms with Crippen molar-refractivity contribution < 1.29 is 13.6 Å². The van der Waals surface area contributed by atoms with Gasteiger partial charge >= 0.3 is 0 Å². The highest BCUT2D eigenvalue weighted by molar-refractivity contribution is 7.99. The van der Waals surface area contributed by atoms with E-state index in [1.807, 2.05) is 6.92 Å². The summed E-state index contributed by atoms with van der Waals surface area (Å²) in [4.78, 5) is 17.5. The van der Waals surface area contributed by atoms with Crippen molar-refractivity contribution in [2.24, 2.45) is 0 Å². The lowest BCUT2D eigenvalue weighted by Gasteiger charge is -2.20. The number of halogens is 3. The molecular formula is C21H19ClF2N4OS. The summed E-state index contributed by atoms with van der Waals surface area (Å²) in [5, 5.41) is 10.9. The largest absolute Gasteiger partial charge is 0.344 e. The van der Waals surface area contributed by atoms with E-state index in [4.69, 9.17) is 11.6 Å². The third-order valence-corrected chi connectivity index (χ3v) is 5.43. The van der Waals surface area contributed by atoms with Crippen molar-refractivity contribution in [3.63, 3.8) is 0 Å². The maximum absolute atomic E-state index is 14.7. The van der Waals surface area contributed by atoms with E-state index in [1.165, 1.54) is 6.07 Å². The number of aryl methyl sites for hydroxylation is 3. The molecule has 0 saturated carbocycles. The molecule has 1 aromatic heterocycles. The lowest BCUT2D eigenvalue weighted by Crippen LogP contribution is -2.36. The summed E-state index contributed by atoms with van der Waals surface area (Å²) in [7, 11) is 0. The van der Waals surface area contributed by atoms with Gasteiger partial charge in [0.1, 0.15) is 5.82 Å². The average Bonchev–Trinajstić information content (AvgIpc) is 2.67. The molecule has 0 atom stereocenters. The summed E-state index contributed by atoms with van der Waals surface area (Å²) in [6.07, 6.45) is 0. The molecule has 3 aromatic rings. The quantitative estimate of drug-likeness (QED) is 0.566. The number of hydrogen-bond donors (Lipinski definition) is 1. The summed E-state index contributed by atoms with van der Waals surface area (Å²) < 4.78 is 29.4. The van der Waals surface area contributed by atoms with Gasteiger partial charge in [-0.05, 0) is 44.5 Å². The molecule has 30 heavy (non-hydrogen) atoms. The topological polar surface area (TPSA) is 67.8 Å². The van der Waals surface area contributed by atoms with E-state index in [-0.39, 0.29) is 22.1 Å². The van der Waals surface area contributed by atoms with Gasteiger partial charge in [0.15, 0.2) is 10.7 Å². The highest BCUT2D eigenvalue weighted by atomic mass is 35.5. The van der Waals surface area contributed by atoms with Gasteiger partial charge in [0.05, 0.1) is 6.54 Å². The number of nitrogens with zero attached hydrogens (tertiary/aromatic N) is 3. The van der Waals surface area contributed by atoms with Crippen LogP contribution < -0.4 is 5.32 Å². The Kier molecular flexibility index (Phi) is 6.67. The molecule has 3 rings (SSSR count). The number of nitrogens with one attached hydrogen (secondary N) is 1. The molecule has 0 spiro atoms. The van der Waals surface area contributed by atoms with Crippen LogP contribution in [0.15, 0.2) is 52.4 Å². The van der Waals surface area contributed by atoms with Crippen LogP contribution in [-0.2, 0) is 5.92 Å². The first-order valence-corrected chi connectivity index (χ1v) is 10.2. The molecule has 0 aliphatic rings. The number of carbonyl (C=O) groups is 1. The van der Waals surface area contributed by atoms with Gasteiger partial charge in [-0.1, -0.05) is 53.2 Å². The number of carbonyl (C=O) groups excluding carboxylic acids is 1. The first kappa shape index (κ1) is 22.1. The van der Waals surface area contributed by atoms with E-state index in [2.05, 4.69) is 20.5 Å². The Bertz CT molecular complexity index is 1090. The second kappa shape index (κ2) is 9.06. The first-order valence-electron chi connectivity index (χ1n) is 9.04. The fourth-order valence-corrected chi connectivity index (χ4v) is 3.98. The molecule has 2 aromatic carbocycles. The smallest absolute Gasteiger partial charge is 0.290 e. The SMILES string of the molecule is Cc1ccc(C(F)(F)CNC(=O)c2nc(C)nnc2Sc2cccc(Cl)c2)c(C)c1. The van der Waals surface area contributed by atoms with Crippen LogP contribution in [0.5, 0.6) is 0 Å². The van der Waals surface area contributed by atoms with E-state index in [9.17, 15) is 13.6 Å². The number of benzene rings is 2. The molecule has 1 N–H and O–H groups in total. The van der Waals surface area contributed by atoms with E-state index in [0.717, 1.165) is 22.2 Å². The number of hydrogen-bond acceptors (Lipinski definition) is 5. The summed E-state index contributed by atoms with van der Waals surface area (Å²) in [6, 6.07) is 11.6. The number of aromatic nitrogens is 3. The molecular weight excluding hydrogens is 430 g/mol. The predicted molar refractivity (Wildman–Crippen MR) is 112 cm³/mol. The molecule has 5 nitrogen and oxygen atoms in total. The van der Waals surface area contributed by atoms with Gasteiger partial charge in [-0.25, -0.2) is 4.98 Å². The minimum absolute atomic E-state index is 0.0658. The lowest BCUT2D eigenvalue weighted by atomic mass is 10.0. The minimum atomic E-state index is -3.23. The Labute approximate surface area is 182 Å². The van der Waals surface area contributed by atoms with Crippen molar-refractivity contribution in [2.45, 2.75) is 36.6 Å². The van der Waals surface area contributed by atoms with Crippen LogP contribution in [0.4, 0.5) is 8.78 Å². The number of rotatable bonds is 6. The zero-order chi connectivity index (χ0) is 21.9. The standard InChI is InChI=1S/C21H19ClF2N4OS/c1-12-7-8-17(13(2)9-12)21(23,24)11-25-19(29)18-20(28-27-14(3)26-18)30-16-6-4-5-15(22)10-16/h4-10H,11H2,1-3H3,(H,25,29). The molecule has 1 amide bonds. The van der Waals surface area contributed by atoms with E-state index in [1.54, 1.807) is 50.2 Å². The Morgan fingerprint density at radius 3 is 2.60 bits per heavy atom. The fraction of sp³-hybridized carbons (Fsp3) is 0.238. The second-order valence-corrected chi connectivity index (χ2v) is 8.28. The normalized spacial score (nSPS) is 11.4. The third kappa shape index (κ3) is 5.31. The van der Waals surface area contributed by atoms with Crippen LogP contribution in [0.2, 0.25) is 5.02 Å². The lowest BCUT2D eigenvalue weighted by molar-refractivity contribution is -0.00316. The molecule has 0 aliphatic carbocycles. The van der Waals surface area contributed by atoms with Crippen LogP contribution in [0.3, 0.4) is 0 Å². The summed E-state index contributed by atoms with van der Waals surface area (Å²) in [6.45, 7) is 4.16. The molecule has 0 bridgehead atoms. The van der Waals surface area contributed by atoms with Crippen LogP contribution in [-0.4, -0.2) is 27.6 Å². The second-order valence-electron chi connectivity index (χ2n) is 6.78. The maximum atomic E-state index is 14.7. The monoisotopic (exact) mass is 448 g/mol. The molecule has 1 heterocycles. The molecule has 9 heteroatoms. The van der Waals surface area contributed by atoms with E-state index >= 15 is 0 Å². The van der Waals surface area contributed by atoms with E-state index < -0.39 is 18.4 Å². The van der Waals surface area contributed by atoms with Gasteiger partial charge < -0.3 is 5.32 Å². The highest BCUT2D eigenvalue weighted by Gasteiger charge is 2.34. The van der Waals surface area contributed by atoms with Crippen molar-refractivity contribution in [1.29, 1.82) is 0 Å². The van der Waals surface area contributed by atoms with Crippen molar-refractivity contribution in [1.82, 2.24) is 20.5 Å². The zero-order valence-electron chi connectivity index (χ0n) is 16.5. The number of alkyl halides is 2. The van der Waals surface area contributed by atoms with Crippen molar-refractivity contribution in [2.75, 3.05) is 6.54 Å². The summed E-state index contributed by atoms with van der Waals surface area (Å²) >= 11 is 7.12. The molecule has 156 valence electrons. The predicted octanol–water partition coefficient (Wildman–Crippen LogP) is 5.12. The van der Waals surface area contributed by atoms with Gasteiger partial charge in [0, 0.05) is 15.5 Å². The van der Waals surface area contributed by atoms with Gasteiger partial charge in [-0.2, -0.15) is 8.78 Å². The minimum Gasteiger partial charge on any atom is -0.344 e. The van der Waals surface area contributed by atoms with Crippen molar-refractivity contribution in [3.8, 4) is 0 Å². The fourth-order valence-electron chi connectivity index (χ4n) is 2.85. The Hall–Kier alpha value is -2.58. The Morgan fingerprint density at radius 2 is 1.90 bits per heavy atom. The molecule has 0 unspecified atom stereocenters. The first-order chi connectivity index (χ1) is 14.2. The summed E-state index contributed by atoms with van der Waals surface area (Å²) in [5.74, 6) is -3.72. The van der Waals surface area contributed by atoms with Crippen molar-refractivity contribution in [3.05, 3.63) is 75.7 Å². The van der Waals surface area contributed by atoms with Crippen molar-refractivity contribution >= 4 is 29.3 Å². The Morgan fingerprint density at radius 1 is 1.13 bits per heavy atom. The summed E-state index contributed by atoms with van der Waals surface area (Å²) in [5.41, 5.74) is 1.16. The molecule has 0 aliphatic heterocycles. The van der Waals surface area contributed by atoms with Crippen LogP contribution in [0.1, 0.15) is 33.0 Å². The van der Waals surface area contributed by atoms with Gasteiger partial charge in [0.2, 0.25) is 0 Å². The molecule has 0 radical (unpaired) electrons. The molecule has 0 fully saturated rings. The zero-order valence-corrected chi connectivity index (χ0v) is 18.1. The van der Waals surface area contributed by atoms with Crippen LogP contribution in [0.25, 0.3) is 0 Å².